The summed E-state index contributed by atoms with van der Waals surface area (Å²) in [5, 5.41) is 2.53. The molecule has 0 fully saturated rings. The van der Waals surface area contributed by atoms with E-state index in [1.54, 1.807) is 0 Å². The van der Waals surface area contributed by atoms with Crippen LogP contribution in [0.3, 0.4) is 0 Å². The van der Waals surface area contributed by atoms with Gasteiger partial charge in [0.05, 0.1) is 0 Å². The molecule has 0 heterocycles. The number of benzene rings is 1. The molecule has 0 saturated carbocycles. The van der Waals surface area contributed by atoms with Crippen molar-refractivity contribution in [1.29, 1.82) is 0 Å². The first-order valence-corrected chi connectivity index (χ1v) is 5.24. The summed E-state index contributed by atoms with van der Waals surface area (Å²) in [4.78, 5) is 10.4. The topological polar surface area (TPSA) is 55.1 Å². The Kier molecular flexibility index (Phi) is 4.25. The zero-order valence-corrected chi connectivity index (χ0v) is 9.74. The number of nitrogen functional groups attached to an aromatic ring is 1. The summed E-state index contributed by atoms with van der Waals surface area (Å²) >= 11 is 2.18. The van der Waals surface area contributed by atoms with Crippen molar-refractivity contribution in [2.45, 2.75) is 6.42 Å². The van der Waals surface area contributed by atoms with Gasteiger partial charge in [0.15, 0.2) is 13.7 Å². The fraction of sp³-hybridized carbons (Fsp3) is 0.222. The van der Waals surface area contributed by atoms with Crippen LogP contribution in [-0.2, 0) is 6.42 Å². The monoisotopic (exact) mass is 300 g/mol. The summed E-state index contributed by atoms with van der Waals surface area (Å²) in [6.45, 7) is 0.551. The van der Waals surface area contributed by atoms with Crippen LogP contribution in [0.4, 0.5) is 10.5 Å². The van der Waals surface area contributed by atoms with Gasteiger partial charge in [-0.1, -0.05) is 6.07 Å². The predicted octanol–water partition coefficient (Wildman–Crippen LogP) is 1.29. The van der Waals surface area contributed by atoms with Gasteiger partial charge in [-0.2, -0.15) is 0 Å². The fourth-order valence-corrected chi connectivity index (χ4v) is 1.64. The number of hydrogen-bond acceptors (Lipinski definition) is 2. The van der Waals surface area contributed by atoms with E-state index in [9.17, 15) is 4.79 Å². The van der Waals surface area contributed by atoms with E-state index in [2.05, 4.69) is 27.9 Å². The van der Waals surface area contributed by atoms with Gasteiger partial charge in [0.1, 0.15) is 0 Å². The van der Waals surface area contributed by atoms with Gasteiger partial charge >= 0.3 is 0 Å². The summed E-state index contributed by atoms with van der Waals surface area (Å²) in [6.07, 6.45) is 0.763. The zero-order chi connectivity index (χ0) is 10.6. The standard InChI is InChI=1S/C9H10BIN2O/c10-9(14)13-4-3-6-1-2-8(12)7(11)5-6/h1-2,5H,3-4,12H2,(H,13,14). The molecule has 0 aliphatic heterocycles. The van der Waals surface area contributed by atoms with E-state index in [-0.39, 0.29) is 0 Å². The number of halogens is 1. The van der Waals surface area contributed by atoms with E-state index < -0.39 is 5.81 Å². The number of nitrogens with two attached hydrogens (primary N) is 1. The van der Waals surface area contributed by atoms with E-state index >= 15 is 0 Å². The number of nitrogens with one attached hydrogen (secondary N) is 1. The molecule has 0 unspecified atom stereocenters. The summed E-state index contributed by atoms with van der Waals surface area (Å²) < 4.78 is 1.03. The Hall–Kier alpha value is -0.715. The predicted molar refractivity (Wildman–Crippen MR) is 66.4 cm³/mol. The van der Waals surface area contributed by atoms with Crippen LogP contribution in [0.15, 0.2) is 18.2 Å². The van der Waals surface area contributed by atoms with E-state index in [1.807, 2.05) is 18.2 Å². The molecular formula is C9H10BIN2O. The molecule has 0 atom stereocenters. The number of amides is 1. The molecule has 5 heteroatoms. The molecule has 3 nitrogen and oxygen atoms in total. The highest BCUT2D eigenvalue weighted by Crippen LogP contribution is 2.16. The second-order valence-corrected chi connectivity index (χ2v) is 4.06. The highest BCUT2D eigenvalue weighted by molar-refractivity contribution is 14.1. The smallest absolute Gasteiger partial charge is 0.200 e. The van der Waals surface area contributed by atoms with E-state index in [0.717, 1.165) is 21.2 Å². The lowest BCUT2D eigenvalue weighted by Crippen LogP contribution is -2.23. The minimum absolute atomic E-state index is 0.491. The lowest BCUT2D eigenvalue weighted by atomic mass is 10.1. The molecule has 0 spiro atoms. The van der Waals surface area contributed by atoms with E-state index in [4.69, 9.17) is 13.6 Å². The molecule has 1 aromatic carbocycles. The van der Waals surface area contributed by atoms with Gasteiger partial charge in [0.25, 0.3) is 0 Å². The lowest BCUT2D eigenvalue weighted by Gasteiger charge is -2.04. The summed E-state index contributed by atoms with van der Waals surface area (Å²) in [6, 6.07) is 5.81. The summed E-state index contributed by atoms with van der Waals surface area (Å²) in [7, 11) is 4.94. The molecule has 1 amide bonds. The SMILES string of the molecule is [B]C(=O)NCCc1ccc(N)c(I)c1. The van der Waals surface area contributed by atoms with Crippen molar-refractivity contribution in [3.63, 3.8) is 0 Å². The Morgan fingerprint density at radius 2 is 2.29 bits per heavy atom. The minimum Gasteiger partial charge on any atom is -0.398 e. The van der Waals surface area contributed by atoms with Gasteiger partial charge in [0, 0.05) is 15.8 Å². The third-order valence-electron chi connectivity index (χ3n) is 1.78. The van der Waals surface area contributed by atoms with Crippen LogP contribution in [0, 0.1) is 3.57 Å². The second-order valence-electron chi connectivity index (χ2n) is 2.90. The molecular weight excluding hydrogens is 290 g/mol. The lowest BCUT2D eigenvalue weighted by molar-refractivity contribution is 0.259. The molecule has 2 radical (unpaired) electrons. The van der Waals surface area contributed by atoms with Crippen LogP contribution >= 0.6 is 22.6 Å². The maximum absolute atomic E-state index is 10.4. The molecule has 3 N–H and O–H groups in total. The van der Waals surface area contributed by atoms with Gasteiger partial charge in [-0.3, -0.25) is 4.79 Å². The third-order valence-corrected chi connectivity index (χ3v) is 2.71. The van der Waals surface area contributed by atoms with Crippen molar-refractivity contribution in [1.82, 2.24) is 5.32 Å². The first-order valence-electron chi connectivity index (χ1n) is 4.17. The Labute approximate surface area is 98.0 Å². The van der Waals surface area contributed by atoms with Crippen molar-refractivity contribution >= 4 is 41.9 Å². The number of carbonyl (C=O) groups excluding carboxylic acids is 1. The van der Waals surface area contributed by atoms with E-state index in [1.165, 1.54) is 0 Å². The Morgan fingerprint density at radius 1 is 1.57 bits per heavy atom. The Balaban J connectivity index is 2.51. The van der Waals surface area contributed by atoms with Crippen LogP contribution in [0.2, 0.25) is 0 Å². The van der Waals surface area contributed by atoms with Crippen molar-refractivity contribution in [3.8, 4) is 0 Å². The third kappa shape index (κ3) is 3.57. The largest absolute Gasteiger partial charge is 0.398 e. The molecule has 0 bridgehead atoms. The number of anilines is 1. The highest BCUT2D eigenvalue weighted by Gasteiger charge is 1.98. The van der Waals surface area contributed by atoms with Crippen LogP contribution in [0.25, 0.3) is 0 Å². The quantitative estimate of drug-likeness (QED) is 0.502. The van der Waals surface area contributed by atoms with Crippen LogP contribution in [0.1, 0.15) is 5.56 Å². The van der Waals surface area contributed by atoms with Crippen molar-refractivity contribution < 1.29 is 4.79 Å². The van der Waals surface area contributed by atoms with Crippen LogP contribution in [0.5, 0.6) is 0 Å². The average Bonchev–Trinajstić information content (AvgIpc) is 2.10. The number of rotatable bonds is 3. The molecule has 0 aliphatic carbocycles. The van der Waals surface area contributed by atoms with Crippen molar-refractivity contribution in [2.75, 3.05) is 12.3 Å². The molecule has 14 heavy (non-hydrogen) atoms. The first-order chi connectivity index (χ1) is 6.59. The van der Waals surface area contributed by atoms with Gasteiger partial charge in [-0.05, 0) is 46.7 Å². The molecule has 1 rings (SSSR count). The Bertz CT molecular complexity index is 344. The molecule has 0 aliphatic rings. The maximum atomic E-state index is 10.4. The van der Waals surface area contributed by atoms with Gasteiger partial charge < -0.3 is 11.1 Å². The maximum Gasteiger partial charge on any atom is 0.200 e. The summed E-state index contributed by atoms with van der Waals surface area (Å²) in [5.74, 6) is -0.491. The van der Waals surface area contributed by atoms with E-state index in [0.29, 0.717) is 6.54 Å². The highest BCUT2D eigenvalue weighted by atomic mass is 127. The first kappa shape index (κ1) is 11.4. The van der Waals surface area contributed by atoms with Crippen molar-refractivity contribution in [3.05, 3.63) is 27.3 Å². The minimum atomic E-state index is -0.491. The molecule has 1 aromatic rings. The number of hydrogen-bond donors (Lipinski definition) is 2. The van der Waals surface area contributed by atoms with Crippen LogP contribution < -0.4 is 11.1 Å². The van der Waals surface area contributed by atoms with Crippen LogP contribution in [-0.4, -0.2) is 20.2 Å². The van der Waals surface area contributed by atoms with Gasteiger partial charge in [0.2, 0.25) is 0 Å². The number of carbonyl (C=O) groups is 1. The average molecular weight is 300 g/mol. The Morgan fingerprint density at radius 3 is 2.86 bits per heavy atom. The normalized spacial score (nSPS) is 9.79. The second kappa shape index (κ2) is 5.24. The molecule has 0 saturated heterocycles. The van der Waals surface area contributed by atoms with Crippen molar-refractivity contribution in [2.24, 2.45) is 0 Å². The molecule has 72 valence electrons. The fourth-order valence-electron chi connectivity index (χ4n) is 1.06. The zero-order valence-electron chi connectivity index (χ0n) is 7.59. The summed E-state index contributed by atoms with van der Waals surface area (Å²) in [5.41, 5.74) is 7.58. The van der Waals surface area contributed by atoms with Gasteiger partial charge in [-0.25, -0.2) is 0 Å². The van der Waals surface area contributed by atoms with Gasteiger partial charge in [-0.15, -0.1) is 0 Å². The molecule has 0 aromatic heterocycles.